The van der Waals surface area contributed by atoms with Gasteiger partial charge in [-0.1, -0.05) is 12.1 Å². The van der Waals surface area contributed by atoms with Crippen LogP contribution in [0.2, 0.25) is 0 Å². The predicted octanol–water partition coefficient (Wildman–Crippen LogP) is 3.96. The van der Waals surface area contributed by atoms with E-state index in [0.29, 0.717) is 5.56 Å². The summed E-state index contributed by atoms with van der Waals surface area (Å²) in [7, 11) is 0. The molecule has 0 fully saturated rings. The number of halogens is 4. The Balaban J connectivity index is 1.88. The first-order valence-corrected chi connectivity index (χ1v) is 7.57. The largest absolute Gasteiger partial charge is 0.452 e. The van der Waals surface area contributed by atoms with Crippen molar-refractivity contribution in [2.75, 3.05) is 5.32 Å². The highest BCUT2D eigenvalue weighted by Crippen LogP contribution is 2.29. The lowest BCUT2D eigenvalue weighted by molar-refractivity contribution is -0.152. The second-order valence-corrected chi connectivity index (χ2v) is 5.50. The summed E-state index contributed by atoms with van der Waals surface area (Å²) < 4.78 is 55.2. The van der Waals surface area contributed by atoms with Crippen LogP contribution in [0.4, 0.5) is 23.2 Å². The van der Waals surface area contributed by atoms with Gasteiger partial charge in [-0.25, -0.2) is 4.39 Å². The summed E-state index contributed by atoms with van der Waals surface area (Å²) in [5.74, 6) is -1.81. The average molecular weight is 369 g/mol. The van der Waals surface area contributed by atoms with Gasteiger partial charge in [-0.2, -0.15) is 13.2 Å². The van der Waals surface area contributed by atoms with Gasteiger partial charge in [-0.3, -0.25) is 9.59 Å². The van der Waals surface area contributed by atoms with E-state index in [1.54, 1.807) is 0 Å². The van der Waals surface area contributed by atoms with E-state index in [9.17, 15) is 27.2 Å². The molecule has 138 valence electrons. The van der Waals surface area contributed by atoms with E-state index >= 15 is 0 Å². The molecule has 0 aromatic heterocycles. The molecule has 1 atom stereocenters. The fraction of sp³-hybridized carbons (Fsp3) is 0.222. The zero-order valence-electron chi connectivity index (χ0n) is 13.6. The Morgan fingerprint density at radius 3 is 2.15 bits per heavy atom. The number of alkyl halides is 3. The maximum absolute atomic E-state index is 12.8. The molecule has 0 aliphatic heterocycles. The van der Waals surface area contributed by atoms with E-state index in [4.69, 9.17) is 4.74 Å². The van der Waals surface area contributed by atoms with Crippen molar-refractivity contribution >= 4 is 17.6 Å². The lowest BCUT2D eigenvalue weighted by atomic mass is 10.1. The molecule has 0 aliphatic carbocycles. The summed E-state index contributed by atoms with van der Waals surface area (Å²) >= 11 is 0. The van der Waals surface area contributed by atoms with Gasteiger partial charge < -0.3 is 10.1 Å². The minimum atomic E-state index is -4.47. The number of amides is 1. The molecule has 2 aromatic rings. The van der Waals surface area contributed by atoms with Gasteiger partial charge in [0, 0.05) is 5.69 Å². The number of benzene rings is 2. The van der Waals surface area contributed by atoms with Crippen LogP contribution in [0.5, 0.6) is 0 Å². The van der Waals surface area contributed by atoms with Gasteiger partial charge in [0.1, 0.15) is 5.82 Å². The Labute approximate surface area is 146 Å². The van der Waals surface area contributed by atoms with Gasteiger partial charge >= 0.3 is 12.1 Å². The van der Waals surface area contributed by atoms with Crippen LogP contribution in [0.3, 0.4) is 0 Å². The van der Waals surface area contributed by atoms with Gasteiger partial charge in [-0.15, -0.1) is 0 Å². The van der Waals surface area contributed by atoms with Gasteiger partial charge in [0.15, 0.2) is 6.10 Å². The van der Waals surface area contributed by atoms with Crippen LogP contribution in [0.1, 0.15) is 18.1 Å². The fourth-order valence-electron chi connectivity index (χ4n) is 2.05. The van der Waals surface area contributed by atoms with E-state index < -0.39 is 35.5 Å². The Kier molecular flexibility index (Phi) is 5.97. The summed E-state index contributed by atoms with van der Waals surface area (Å²) in [4.78, 5) is 23.8. The van der Waals surface area contributed by atoms with Crippen molar-refractivity contribution in [1.29, 1.82) is 0 Å². The van der Waals surface area contributed by atoms with Gasteiger partial charge in [-0.05, 0) is 48.9 Å². The van der Waals surface area contributed by atoms with E-state index in [1.807, 2.05) is 0 Å². The van der Waals surface area contributed by atoms with Crippen molar-refractivity contribution in [1.82, 2.24) is 0 Å². The molecular formula is C18H15F4NO3. The molecule has 26 heavy (non-hydrogen) atoms. The third-order valence-corrected chi connectivity index (χ3v) is 3.42. The van der Waals surface area contributed by atoms with Gasteiger partial charge in [0.25, 0.3) is 5.91 Å². The molecule has 1 amide bonds. The minimum absolute atomic E-state index is 0.141. The molecule has 0 bridgehead atoms. The van der Waals surface area contributed by atoms with Crippen molar-refractivity contribution < 1.29 is 31.9 Å². The highest BCUT2D eigenvalue weighted by molar-refractivity contribution is 5.95. The standard InChI is InChI=1S/C18H15F4NO3/c1-11(26-16(24)10-12-2-6-14(19)7-3-12)17(25)23-15-8-4-13(5-9-15)18(20,21)22/h2-9,11H,10H2,1H3,(H,23,25). The summed E-state index contributed by atoms with van der Waals surface area (Å²) in [6.45, 7) is 1.34. The Hall–Kier alpha value is -2.90. The van der Waals surface area contributed by atoms with Crippen LogP contribution in [-0.2, 0) is 26.9 Å². The van der Waals surface area contributed by atoms with Crippen LogP contribution < -0.4 is 5.32 Å². The first-order valence-electron chi connectivity index (χ1n) is 7.57. The number of carbonyl (C=O) groups excluding carboxylic acids is 2. The van der Waals surface area contributed by atoms with Crippen molar-refractivity contribution in [2.45, 2.75) is 25.6 Å². The van der Waals surface area contributed by atoms with Crippen LogP contribution in [0.15, 0.2) is 48.5 Å². The first-order chi connectivity index (χ1) is 12.1. The van der Waals surface area contributed by atoms with Crippen molar-refractivity contribution in [3.63, 3.8) is 0 Å². The maximum Gasteiger partial charge on any atom is 0.416 e. The summed E-state index contributed by atoms with van der Waals surface area (Å²) in [6.07, 6.45) is -5.76. The lowest BCUT2D eigenvalue weighted by Crippen LogP contribution is -2.30. The van der Waals surface area contributed by atoms with E-state index in [-0.39, 0.29) is 12.1 Å². The van der Waals surface area contributed by atoms with Gasteiger partial charge in [0.05, 0.1) is 12.0 Å². The lowest BCUT2D eigenvalue weighted by Gasteiger charge is -2.14. The van der Waals surface area contributed by atoms with Crippen LogP contribution >= 0.6 is 0 Å². The summed E-state index contributed by atoms with van der Waals surface area (Å²) in [5.41, 5.74) is -0.176. The molecule has 0 spiro atoms. The van der Waals surface area contributed by atoms with E-state index in [0.717, 1.165) is 24.3 Å². The quantitative estimate of drug-likeness (QED) is 0.641. The van der Waals surface area contributed by atoms with Crippen LogP contribution in [0, 0.1) is 5.82 Å². The van der Waals surface area contributed by atoms with Crippen molar-refractivity contribution in [3.05, 3.63) is 65.5 Å². The number of carbonyl (C=O) groups is 2. The first kappa shape index (κ1) is 19.4. The molecule has 8 heteroatoms. The molecule has 2 rings (SSSR count). The van der Waals surface area contributed by atoms with Crippen LogP contribution in [-0.4, -0.2) is 18.0 Å². The van der Waals surface area contributed by atoms with E-state index in [2.05, 4.69) is 5.32 Å². The Bertz CT molecular complexity index is 771. The number of rotatable bonds is 5. The number of ether oxygens (including phenoxy) is 1. The molecule has 0 saturated heterocycles. The molecule has 0 radical (unpaired) electrons. The molecule has 4 nitrogen and oxygen atoms in total. The summed E-state index contributed by atoms with van der Waals surface area (Å²) in [6, 6.07) is 9.11. The van der Waals surface area contributed by atoms with Crippen LogP contribution in [0.25, 0.3) is 0 Å². The summed E-state index contributed by atoms with van der Waals surface area (Å²) in [5, 5.41) is 2.36. The highest BCUT2D eigenvalue weighted by Gasteiger charge is 2.30. The molecule has 0 saturated carbocycles. The Morgan fingerprint density at radius 2 is 1.62 bits per heavy atom. The number of hydrogen-bond acceptors (Lipinski definition) is 3. The molecular weight excluding hydrogens is 354 g/mol. The number of esters is 1. The number of nitrogens with one attached hydrogen (secondary N) is 1. The van der Waals surface area contributed by atoms with Crippen molar-refractivity contribution in [2.24, 2.45) is 0 Å². The fourth-order valence-corrected chi connectivity index (χ4v) is 2.05. The second-order valence-electron chi connectivity index (χ2n) is 5.50. The third kappa shape index (κ3) is 5.58. The number of anilines is 1. The molecule has 0 heterocycles. The SMILES string of the molecule is CC(OC(=O)Cc1ccc(F)cc1)C(=O)Nc1ccc(C(F)(F)F)cc1. The van der Waals surface area contributed by atoms with Gasteiger partial charge in [0.2, 0.25) is 0 Å². The van der Waals surface area contributed by atoms with Crippen molar-refractivity contribution in [3.8, 4) is 0 Å². The van der Waals surface area contributed by atoms with E-state index in [1.165, 1.54) is 31.2 Å². The topological polar surface area (TPSA) is 55.4 Å². The zero-order chi connectivity index (χ0) is 19.3. The Morgan fingerprint density at radius 1 is 1.04 bits per heavy atom. The zero-order valence-corrected chi connectivity index (χ0v) is 13.6. The molecule has 1 N–H and O–H groups in total. The monoisotopic (exact) mass is 369 g/mol. The smallest absolute Gasteiger partial charge is 0.416 e. The molecule has 1 unspecified atom stereocenters. The second kappa shape index (κ2) is 7.99. The normalized spacial score (nSPS) is 12.3. The third-order valence-electron chi connectivity index (χ3n) is 3.42. The predicted molar refractivity (Wildman–Crippen MR) is 85.7 cm³/mol. The molecule has 2 aromatic carbocycles. The number of hydrogen-bond donors (Lipinski definition) is 1. The average Bonchev–Trinajstić information content (AvgIpc) is 2.56. The maximum atomic E-state index is 12.8. The molecule has 0 aliphatic rings. The highest BCUT2D eigenvalue weighted by atomic mass is 19.4. The minimum Gasteiger partial charge on any atom is -0.452 e.